The average molecular weight is 546 g/mol. The van der Waals surface area contributed by atoms with Crippen molar-refractivity contribution in [1.29, 1.82) is 0 Å². The molecule has 9 nitrogen and oxygen atoms in total. The van der Waals surface area contributed by atoms with E-state index in [0.29, 0.717) is 24.2 Å². The number of methoxy groups -OCH3 is 1. The Morgan fingerprint density at radius 3 is 2.55 bits per heavy atom. The van der Waals surface area contributed by atoms with Crippen LogP contribution in [0.15, 0.2) is 48.7 Å². The topological polar surface area (TPSA) is 95.0 Å². The first-order valence-electron chi connectivity index (χ1n) is 13.9. The lowest BCUT2D eigenvalue weighted by molar-refractivity contribution is 0.00578. The monoisotopic (exact) mass is 546 g/mol. The largest absolute Gasteiger partial charge is 0.494 e. The van der Waals surface area contributed by atoms with E-state index in [1.54, 1.807) is 19.1 Å². The Hall–Kier alpha value is -3.37. The molecule has 1 saturated heterocycles. The van der Waals surface area contributed by atoms with Crippen molar-refractivity contribution < 1.29 is 23.6 Å². The number of amides is 1. The Morgan fingerprint density at radius 1 is 1.12 bits per heavy atom. The van der Waals surface area contributed by atoms with E-state index in [4.69, 9.17) is 23.8 Å². The summed E-state index contributed by atoms with van der Waals surface area (Å²) in [4.78, 5) is 23.5. The zero-order valence-electron chi connectivity index (χ0n) is 24.3. The highest BCUT2D eigenvalue weighted by Gasteiger charge is 2.51. The molecule has 5 rings (SSSR count). The summed E-state index contributed by atoms with van der Waals surface area (Å²) in [6.07, 6.45) is 4.44. The van der Waals surface area contributed by atoms with Gasteiger partial charge in [0, 0.05) is 31.2 Å². The predicted octanol–water partition coefficient (Wildman–Crippen LogP) is 4.79. The van der Waals surface area contributed by atoms with Crippen molar-refractivity contribution in [1.82, 2.24) is 14.9 Å². The van der Waals surface area contributed by atoms with Crippen LogP contribution >= 0.6 is 0 Å². The van der Waals surface area contributed by atoms with Crippen molar-refractivity contribution >= 4 is 35.5 Å². The molecule has 2 fully saturated rings. The van der Waals surface area contributed by atoms with Crippen LogP contribution in [0, 0.1) is 5.92 Å². The predicted molar refractivity (Wildman–Crippen MR) is 156 cm³/mol. The number of ether oxygens (including phenoxy) is 2. The minimum Gasteiger partial charge on any atom is -0.494 e. The highest BCUT2D eigenvalue weighted by Crippen LogP contribution is 2.37. The summed E-state index contributed by atoms with van der Waals surface area (Å²) in [5.74, 6) is 1.59. The first-order valence-corrected chi connectivity index (χ1v) is 13.9. The molecule has 1 aliphatic carbocycles. The summed E-state index contributed by atoms with van der Waals surface area (Å²) in [6, 6.07) is 13.9. The van der Waals surface area contributed by atoms with E-state index in [9.17, 15) is 4.79 Å². The summed E-state index contributed by atoms with van der Waals surface area (Å²) >= 11 is 0. The number of rotatable bonds is 8. The van der Waals surface area contributed by atoms with Crippen LogP contribution in [-0.2, 0) is 20.7 Å². The van der Waals surface area contributed by atoms with Gasteiger partial charge in [0.15, 0.2) is 0 Å². The Balaban J connectivity index is 1.19. The van der Waals surface area contributed by atoms with E-state index in [-0.39, 0.29) is 18.7 Å². The number of aromatic nitrogens is 2. The fourth-order valence-corrected chi connectivity index (χ4v) is 5.32. The molecule has 2 aliphatic rings. The fraction of sp³-hybridized carbons (Fsp3) is 0.500. The van der Waals surface area contributed by atoms with Gasteiger partial charge in [0.1, 0.15) is 17.9 Å². The van der Waals surface area contributed by atoms with Gasteiger partial charge in [-0.1, -0.05) is 36.4 Å². The van der Waals surface area contributed by atoms with Crippen LogP contribution in [0.2, 0.25) is 0 Å². The number of hydrogen-bond donors (Lipinski definition) is 1. The Morgan fingerprint density at radius 2 is 1.85 bits per heavy atom. The van der Waals surface area contributed by atoms with E-state index >= 15 is 0 Å². The third-order valence-electron chi connectivity index (χ3n) is 8.34. The van der Waals surface area contributed by atoms with E-state index < -0.39 is 18.3 Å². The van der Waals surface area contributed by atoms with Gasteiger partial charge in [-0.3, -0.25) is 0 Å². The molecular weight excluding hydrogens is 507 g/mol. The Labute approximate surface area is 236 Å². The van der Waals surface area contributed by atoms with Crippen LogP contribution in [-0.4, -0.2) is 66.0 Å². The van der Waals surface area contributed by atoms with Crippen molar-refractivity contribution in [2.45, 2.75) is 70.8 Å². The highest BCUT2D eigenvalue weighted by molar-refractivity contribution is 6.62. The first-order chi connectivity index (χ1) is 19.0. The number of carbonyl (C=O) groups is 1. The highest BCUT2D eigenvalue weighted by atomic mass is 16.7. The zero-order chi connectivity index (χ0) is 28.5. The number of hydrogen-bond acceptors (Lipinski definition) is 8. The molecule has 40 heavy (non-hydrogen) atoms. The van der Waals surface area contributed by atoms with Crippen LogP contribution in [0.5, 0.6) is 5.75 Å². The van der Waals surface area contributed by atoms with Gasteiger partial charge in [0.25, 0.3) is 0 Å². The first kappa shape index (κ1) is 28.2. The van der Waals surface area contributed by atoms with Crippen LogP contribution in [0.25, 0.3) is 10.9 Å². The lowest BCUT2D eigenvalue weighted by Crippen LogP contribution is -2.41. The quantitative estimate of drug-likeness (QED) is 0.404. The Bertz CT molecular complexity index is 1340. The zero-order valence-corrected chi connectivity index (χ0v) is 24.3. The number of benzene rings is 2. The number of carbonyl (C=O) groups excluding carboxylic acids is 1. The molecule has 1 aliphatic heterocycles. The van der Waals surface area contributed by atoms with Gasteiger partial charge >= 0.3 is 13.2 Å². The van der Waals surface area contributed by atoms with E-state index in [1.807, 2.05) is 76.4 Å². The second kappa shape index (κ2) is 11.3. The summed E-state index contributed by atoms with van der Waals surface area (Å²) < 4.78 is 23.6. The number of anilines is 1. The van der Waals surface area contributed by atoms with Crippen LogP contribution in [0.1, 0.15) is 52.5 Å². The number of fused-ring (bicyclic) bond motifs is 1. The molecular formula is C30H39BN4O5. The molecule has 212 valence electrons. The van der Waals surface area contributed by atoms with Crippen molar-refractivity contribution in [2.75, 3.05) is 26.0 Å². The molecule has 10 heteroatoms. The van der Waals surface area contributed by atoms with Crippen LogP contribution < -0.4 is 15.5 Å². The molecule has 2 aromatic carbocycles. The molecule has 1 aromatic heterocycles. The minimum absolute atomic E-state index is 0.228. The smallest absolute Gasteiger partial charge is 0.494 e. The van der Waals surface area contributed by atoms with Gasteiger partial charge in [-0.15, -0.1) is 0 Å². The number of nitrogens with one attached hydrogen (secondary N) is 1. The van der Waals surface area contributed by atoms with E-state index in [0.717, 1.165) is 41.2 Å². The van der Waals surface area contributed by atoms with Gasteiger partial charge in [-0.2, -0.15) is 0 Å². The average Bonchev–Trinajstić information content (AvgIpc) is 3.46. The standard InChI is InChI=1S/C30H39BN4O5/c1-29(2)30(3,4)40-31(39-29)23-15-22-17-32-27(34-26(22)25(16-23)37-6)33-24-13-12-21(14-24)18-35(5)28(36)38-19-20-10-8-7-9-11-20/h7-11,15-17,21,24H,12-14,18-19H2,1-6H3,(H,32,33,34)/t21-,24-/m1/s1. The van der Waals surface area contributed by atoms with Crippen molar-refractivity contribution in [3.63, 3.8) is 0 Å². The maximum absolute atomic E-state index is 12.5. The molecule has 2 atom stereocenters. The summed E-state index contributed by atoms with van der Waals surface area (Å²) in [5, 5.41) is 4.35. The second-order valence-corrected chi connectivity index (χ2v) is 11.9. The van der Waals surface area contributed by atoms with Gasteiger partial charge < -0.3 is 29.0 Å². The van der Waals surface area contributed by atoms with Crippen LogP contribution in [0.3, 0.4) is 0 Å². The normalized spacial score (nSPS) is 21.4. The maximum atomic E-state index is 12.5. The molecule has 0 spiro atoms. The SMILES string of the molecule is COc1cc(B2OC(C)(C)C(C)(C)O2)cc2cnc(N[C@@H]3CC[C@@H](CN(C)C(=O)OCc4ccccc4)C3)nc12. The second-order valence-electron chi connectivity index (χ2n) is 11.9. The van der Waals surface area contributed by atoms with Crippen molar-refractivity contribution in [3.05, 3.63) is 54.2 Å². The minimum atomic E-state index is -0.495. The molecule has 1 amide bonds. The van der Waals surface area contributed by atoms with Gasteiger partial charge in [0.2, 0.25) is 5.95 Å². The lowest BCUT2D eigenvalue weighted by atomic mass is 9.78. The fourth-order valence-electron chi connectivity index (χ4n) is 5.32. The molecule has 3 aromatic rings. The summed E-state index contributed by atoms with van der Waals surface area (Å²) in [5.41, 5.74) is 1.72. The molecule has 0 radical (unpaired) electrons. The molecule has 0 bridgehead atoms. The molecule has 1 N–H and O–H groups in total. The number of nitrogens with zero attached hydrogens (tertiary/aromatic N) is 3. The maximum Gasteiger partial charge on any atom is 0.494 e. The van der Waals surface area contributed by atoms with E-state index in [2.05, 4.69) is 10.3 Å². The van der Waals surface area contributed by atoms with Gasteiger partial charge in [-0.05, 0) is 70.0 Å². The van der Waals surface area contributed by atoms with Crippen LogP contribution in [0.4, 0.5) is 10.7 Å². The van der Waals surface area contributed by atoms with Crippen molar-refractivity contribution in [3.8, 4) is 5.75 Å². The summed E-state index contributed by atoms with van der Waals surface area (Å²) in [7, 11) is 2.94. The molecule has 2 heterocycles. The third-order valence-corrected chi connectivity index (χ3v) is 8.34. The summed E-state index contributed by atoms with van der Waals surface area (Å²) in [6.45, 7) is 9.08. The Kier molecular flexibility index (Phi) is 7.93. The lowest BCUT2D eigenvalue weighted by Gasteiger charge is -2.32. The molecule has 1 saturated carbocycles. The van der Waals surface area contributed by atoms with Crippen molar-refractivity contribution in [2.24, 2.45) is 5.92 Å². The van der Waals surface area contributed by atoms with Gasteiger partial charge in [-0.25, -0.2) is 14.8 Å². The molecule has 0 unspecified atom stereocenters. The third kappa shape index (κ3) is 6.03. The van der Waals surface area contributed by atoms with Gasteiger partial charge in [0.05, 0.1) is 18.3 Å². The van der Waals surface area contributed by atoms with E-state index in [1.165, 1.54) is 0 Å².